The van der Waals surface area contributed by atoms with Gasteiger partial charge >= 0.3 is 0 Å². The summed E-state index contributed by atoms with van der Waals surface area (Å²) < 4.78 is 0. The van der Waals surface area contributed by atoms with E-state index in [9.17, 15) is 0 Å². The molecule has 0 aromatic heterocycles. The zero-order chi connectivity index (χ0) is 9.14. The van der Waals surface area contributed by atoms with Gasteiger partial charge in [0.1, 0.15) is 0 Å². The van der Waals surface area contributed by atoms with Crippen molar-refractivity contribution in [1.29, 1.82) is 0 Å². The number of benzene rings is 1. The molecular formula is C9H12N2O. The standard InChI is InChI=1S/C9H12N2O/c1-7(12)11(2)9-5-3-8(10)4-6-9/h3-6,12H,1,10H2,2H3. The maximum Gasteiger partial charge on any atom is 0.183 e. The minimum atomic E-state index is 0.0137. The van der Waals surface area contributed by atoms with E-state index in [1.165, 1.54) is 0 Å². The van der Waals surface area contributed by atoms with Crippen LogP contribution >= 0.6 is 0 Å². The average Bonchev–Trinajstić information content (AvgIpc) is 2.04. The Bertz CT molecular complexity index is 279. The summed E-state index contributed by atoms with van der Waals surface area (Å²) in [6.07, 6.45) is 0. The molecule has 0 bridgehead atoms. The van der Waals surface area contributed by atoms with Crippen LogP contribution in [0.15, 0.2) is 36.7 Å². The van der Waals surface area contributed by atoms with E-state index in [0.29, 0.717) is 5.69 Å². The number of rotatable bonds is 2. The van der Waals surface area contributed by atoms with Gasteiger partial charge in [-0.1, -0.05) is 0 Å². The summed E-state index contributed by atoms with van der Waals surface area (Å²) in [5, 5.41) is 9.04. The van der Waals surface area contributed by atoms with E-state index in [4.69, 9.17) is 10.8 Å². The molecule has 1 aromatic carbocycles. The van der Waals surface area contributed by atoms with E-state index in [-0.39, 0.29) is 5.88 Å². The van der Waals surface area contributed by atoms with Gasteiger partial charge in [-0.2, -0.15) is 0 Å². The molecule has 0 spiro atoms. The van der Waals surface area contributed by atoms with Gasteiger partial charge in [0.05, 0.1) is 0 Å². The Labute approximate surface area is 71.7 Å². The van der Waals surface area contributed by atoms with Crippen molar-refractivity contribution in [1.82, 2.24) is 0 Å². The van der Waals surface area contributed by atoms with Gasteiger partial charge < -0.3 is 15.7 Å². The van der Waals surface area contributed by atoms with E-state index < -0.39 is 0 Å². The number of nitrogens with two attached hydrogens (primary N) is 1. The molecule has 0 atom stereocenters. The molecule has 64 valence electrons. The van der Waals surface area contributed by atoms with Crippen molar-refractivity contribution in [3.63, 3.8) is 0 Å². The lowest BCUT2D eigenvalue weighted by Gasteiger charge is -2.16. The van der Waals surface area contributed by atoms with E-state index in [1.807, 2.05) is 12.1 Å². The molecule has 0 amide bonds. The Morgan fingerprint density at radius 1 is 1.42 bits per heavy atom. The molecule has 0 radical (unpaired) electrons. The molecule has 0 unspecified atom stereocenters. The average molecular weight is 164 g/mol. The molecule has 3 N–H and O–H groups in total. The molecule has 3 nitrogen and oxygen atoms in total. The van der Waals surface area contributed by atoms with Gasteiger partial charge in [0.25, 0.3) is 0 Å². The van der Waals surface area contributed by atoms with Crippen molar-refractivity contribution in [2.45, 2.75) is 0 Å². The van der Waals surface area contributed by atoms with Crippen molar-refractivity contribution in [2.75, 3.05) is 17.7 Å². The lowest BCUT2D eigenvalue weighted by molar-refractivity contribution is 0.400. The molecular weight excluding hydrogens is 152 g/mol. The Morgan fingerprint density at radius 2 is 1.92 bits per heavy atom. The zero-order valence-electron chi connectivity index (χ0n) is 6.99. The van der Waals surface area contributed by atoms with Crippen LogP contribution in [0.1, 0.15) is 0 Å². The van der Waals surface area contributed by atoms with Crippen LogP contribution in [-0.2, 0) is 0 Å². The van der Waals surface area contributed by atoms with Crippen LogP contribution in [0, 0.1) is 0 Å². The van der Waals surface area contributed by atoms with Crippen LogP contribution in [0.5, 0.6) is 0 Å². The van der Waals surface area contributed by atoms with Gasteiger partial charge in [-0.05, 0) is 30.8 Å². The van der Waals surface area contributed by atoms with Gasteiger partial charge in [-0.25, -0.2) is 0 Å². The topological polar surface area (TPSA) is 49.5 Å². The molecule has 1 aromatic rings. The second-order valence-electron chi connectivity index (χ2n) is 2.57. The predicted octanol–water partition coefficient (Wildman–Crippen LogP) is 1.73. The highest BCUT2D eigenvalue weighted by molar-refractivity contribution is 5.54. The molecule has 0 saturated heterocycles. The number of hydrogen-bond donors (Lipinski definition) is 2. The van der Waals surface area contributed by atoms with Crippen molar-refractivity contribution in [3.8, 4) is 0 Å². The summed E-state index contributed by atoms with van der Waals surface area (Å²) in [4.78, 5) is 1.57. The van der Waals surface area contributed by atoms with E-state index in [0.717, 1.165) is 5.69 Å². The van der Waals surface area contributed by atoms with Crippen molar-refractivity contribution < 1.29 is 5.11 Å². The molecule has 3 heteroatoms. The molecule has 0 saturated carbocycles. The maximum absolute atomic E-state index is 9.04. The van der Waals surface area contributed by atoms with Gasteiger partial charge in [-0.15, -0.1) is 0 Å². The number of aliphatic hydroxyl groups excluding tert-OH is 1. The lowest BCUT2D eigenvalue weighted by Crippen LogP contribution is -2.14. The van der Waals surface area contributed by atoms with E-state index in [2.05, 4.69) is 6.58 Å². The molecule has 0 heterocycles. The SMILES string of the molecule is C=C(O)N(C)c1ccc(N)cc1. The molecule has 0 aliphatic heterocycles. The van der Waals surface area contributed by atoms with Crippen LogP contribution in [-0.4, -0.2) is 12.2 Å². The number of nitrogens with zero attached hydrogens (tertiary/aromatic N) is 1. The molecule has 0 aliphatic rings. The quantitative estimate of drug-likeness (QED) is 0.517. The third-order valence-corrected chi connectivity index (χ3v) is 1.67. The highest BCUT2D eigenvalue weighted by Gasteiger charge is 2.00. The third-order valence-electron chi connectivity index (χ3n) is 1.67. The first-order chi connectivity index (χ1) is 5.61. The van der Waals surface area contributed by atoms with Crippen molar-refractivity contribution in [3.05, 3.63) is 36.7 Å². The summed E-state index contributed by atoms with van der Waals surface area (Å²) >= 11 is 0. The van der Waals surface area contributed by atoms with Gasteiger partial charge in [0.15, 0.2) is 5.88 Å². The second-order valence-corrected chi connectivity index (χ2v) is 2.57. The Kier molecular flexibility index (Phi) is 2.24. The van der Waals surface area contributed by atoms with E-state index in [1.54, 1.807) is 24.1 Å². The van der Waals surface area contributed by atoms with Crippen LogP contribution in [0.25, 0.3) is 0 Å². The maximum atomic E-state index is 9.04. The van der Waals surface area contributed by atoms with Crippen LogP contribution in [0.3, 0.4) is 0 Å². The minimum Gasteiger partial charge on any atom is -0.495 e. The Balaban J connectivity index is 2.89. The van der Waals surface area contributed by atoms with Crippen LogP contribution in [0.2, 0.25) is 0 Å². The Hall–Kier alpha value is -1.64. The molecule has 1 rings (SSSR count). The van der Waals surface area contributed by atoms with Gasteiger partial charge in [0.2, 0.25) is 0 Å². The number of nitrogen functional groups attached to an aromatic ring is 1. The molecule has 12 heavy (non-hydrogen) atoms. The molecule has 0 fully saturated rings. The van der Waals surface area contributed by atoms with Gasteiger partial charge in [-0.3, -0.25) is 0 Å². The van der Waals surface area contributed by atoms with E-state index >= 15 is 0 Å². The highest BCUT2D eigenvalue weighted by Crippen LogP contribution is 2.16. The first kappa shape index (κ1) is 8.46. The normalized spacial score (nSPS) is 9.42. The number of anilines is 2. The predicted molar refractivity (Wildman–Crippen MR) is 51.0 cm³/mol. The second kappa shape index (κ2) is 3.17. The smallest absolute Gasteiger partial charge is 0.183 e. The summed E-state index contributed by atoms with van der Waals surface area (Å²) in [5.41, 5.74) is 7.06. The number of aliphatic hydroxyl groups is 1. The third kappa shape index (κ3) is 1.69. The fourth-order valence-corrected chi connectivity index (χ4v) is 0.847. The first-order valence-corrected chi connectivity index (χ1v) is 3.58. The summed E-state index contributed by atoms with van der Waals surface area (Å²) in [6.45, 7) is 3.40. The largest absolute Gasteiger partial charge is 0.495 e. The highest BCUT2D eigenvalue weighted by atomic mass is 16.3. The molecule has 0 aliphatic carbocycles. The first-order valence-electron chi connectivity index (χ1n) is 3.58. The minimum absolute atomic E-state index is 0.0137. The fourth-order valence-electron chi connectivity index (χ4n) is 0.847. The van der Waals surface area contributed by atoms with Crippen LogP contribution in [0.4, 0.5) is 11.4 Å². The monoisotopic (exact) mass is 164 g/mol. The fraction of sp³-hybridized carbons (Fsp3) is 0.111. The summed E-state index contributed by atoms with van der Waals surface area (Å²) in [5.74, 6) is 0.0137. The summed E-state index contributed by atoms with van der Waals surface area (Å²) in [6, 6.07) is 7.18. The van der Waals surface area contributed by atoms with Crippen molar-refractivity contribution >= 4 is 11.4 Å². The van der Waals surface area contributed by atoms with Crippen LogP contribution < -0.4 is 10.6 Å². The lowest BCUT2D eigenvalue weighted by atomic mass is 10.3. The van der Waals surface area contributed by atoms with Gasteiger partial charge in [0, 0.05) is 18.4 Å². The number of hydrogen-bond acceptors (Lipinski definition) is 3. The zero-order valence-corrected chi connectivity index (χ0v) is 6.99. The Morgan fingerprint density at radius 3 is 2.33 bits per heavy atom. The summed E-state index contributed by atoms with van der Waals surface area (Å²) in [7, 11) is 1.73. The van der Waals surface area contributed by atoms with Crippen molar-refractivity contribution in [2.24, 2.45) is 0 Å².